The third-order valence-corrected chi connectivity index (χ3v) is 5.42. The zero-order chi connectivity index (χ0) is 11.9. The molecule has 2 saturated carbocycles. The maximum absolute atomic E-state index is 12.1. The van der Waals surface area contributed by atoms with Gasteiger partial charge in [-0.3, -0.25) is 4.18 Å². The van der Waals surface area contributed by atoms with Crippen LogP contribution in [0.5, 0.6) is 0 Å². The summed E-state index contributed by atoms with van der Waals surface area (Å²) in [4.78, 5) is 0.268. The summed E-state index contributed by atoms with van der Waals surface area (Å²) >= 11 is 0. The highest BCUT2D eigenvalue weighted by atomic mass is 32.2. The van der Waals surface area contributed by atoms with Crippen molar-refractivity contribution in [1.82, 2.24) is 0 Å². The van der Waals surface area contributed by atoms with E-state index < -0.39 is 10.1 Å². The Balaban J connectivity index is 1.86. The number of rotatable bonds is 3. The molecule has 2 fully saturated rings. The van der Waals surface area contributed by atoms with Gasteiger partial charge >= 0.3 is 0 Å². The first kappa shape index (κ1) is 11.2. The quantitative estimate of drug-likeness (QED) is 0.777. The van der Waals surface area contributed by atoms with Crippen molar-refractivity contribution >= 4 is 10.1 Å². The van der Waals surface area contributed by atoms with Crippen molar-refractivity contribution in [3.63, 3.8) is 0 Å². The second-order valence-electron chi connectivity index (χ2n) is 5.18. The van der Waals surface area contributed by atoms with E-state index in [2.05, 4.69) is 0 Å². The van der Waals surface area contributed by atoms with Crippen LogP contribution in [0, 0.1) is 5.92 Å². The zero-order valence-electron chi connectivity index (χ0n) is 9.63. The van der Waals surface area contributed by atoms with Gasteiger partial charge in [0.15, 0.2) is 0 Å². The van der Waals surface area contributed by atoms with Gasteiger partial charge in [0.25, 0.3) is 10.1 Å². The topological polar surface area (TPSA) is 43.4 Å². The Morgan fingerprint density at radius 1 is 1.12 bits per heavy atom. The van der Waals surface area contributed by atoms with Crippen molar-refractivity contribution in [2.75, 3.05) is 0 Å². The molecule has 0 aromatic heterocycles. The molecule has 0 saturated heterocycles. The smallest absolute Gasteiger partial charge is 0.260 e. The van der Waals surface area contributed by atoms with Gasteiger partial charge in [0.1, 0.15) is 0 Å². The van der Waals surface area contributed by atoms with Crippen LogP contribution < -0.4 is 0 Å². The second-order valence-corrected chi connectivity index (χ2v) is 6.73. The summed E-state index contributed by atoms with van der Waals surface area (Å²) in [6.07, 6.45) is 4.93. The average Bonchev–Trinajstić information content (AvgIpc) is 2.89. The van der Waals surface area contributed by atoms with Gasteiger partial charge in [0.05, 0.1) is 10.5 Å². The van der Waals surface area contributed by atoms with E-state index in [4.69, 9.17) is 4.18 Å². The number of benzene rings is 1. The van der Waals surface area contributed by atoms with E-state index in [1.807, 2.05) is 0 Å². The molecule has 0 N–H and O–H groups in total. The van der Waals surface area contributed by atoms with E-state index in [1.54, 1.807) is 30.3 Å². The van der Waals surface area contributed by atoms with E-state index in [1.165, 1.54) is 0 Å². The molecule has 0 heterocycles. The van der Waals surface area contributed by atoms with Crippen LogP contribution in [0.25, 0.3) is 0 Å². The van der Waals surface area contributed by atoms with Crippen LogP contribution in [0.15, 0.2) is 35.2 Å². The van der Waals surface area contributed by atoms with Crippen LogP contribution in [-0.4, -0.2) is 14.0 Å². The fraction of sp³-hybridized carbons (Fsp3) is 0.538. The highest BCUT2D eigenvalue weighted by molar-refractivity contribution is 7.86. The van der Waals surface area contributed by atoms with Crippen LogP contribution in [0.2, 0.25) is 0 Å². The molecule has 4 heteroatoms. The van der Waals surface area contributed by atoms with Crippen LogP contribution in [0.1, 0.15) is 32.1 Å². The number of fused-ring (bicyclic) bond motifs is 2. The van der Waals surface area contributed by atoms with Crippen molar-refractivity contribution in [1.29, 1.82) is 0 Å². The molecule has 2 aliphatic carbocycles. The first-order valence-electron chi connectivity index (χ1n) is 6.10. The minimum absolute atomic E-state index is 0.268. The Morgan fingerprint density at radius 2 is 1.76 bits per heavy atom. The lowest BCUT2D eigenvalue weighted by molar-refractivity contribution is 0.0883. The molecule has 0 amide bonds. The van der Waals surface area contributed by atoms with Crippen molar-refractivity contribution in [2.24, 2.45) is 5.92 Å². The molecular weight excluding hydrogens is 236 g/mol. The summed E-state index contributed by atoms with van der Waals surface area (Å²) in [6.45, 7) is 0. The van der Waals surface area contributed by atoms with E-state index >= 15 is 0 Å². The molecule has 0 unspecified atom stereocenters. The van der Waals surface area contributed by atoms with Gasteiger partial charge in [-0.2, -0.15) is 8.42 Å². The lowest BCUT2D eigenvalue weighted by Crippen LogP contribution is -2.30. The van der Waals surface area contributed by atoms with E-state index in [9.17, 15) is 8.42 Å². The number of hydrogen-bond acceptors (Lipinski definition) is 3. The van der Waals surface area contributed by atoms with Gasteiger partial charge in [0, 0.05) is 0 Å². The Morgan fingerprint density at radius 3 is 2.29 bits per heavy atom. The van der Waals surface area contributed by atoms with Crippen LogP contribution in [0.4, 0.5) is 0 Å². The molecule has 0 aliphatic heterocycles. The highest BCUT2D eigenvalue weighted by Gasteiger charge is 2.48. The summed E-state index contributed by atoms with van der Waals surface area (Å²) in [5.74, 6) is 0.681. The fourth-order valence-electron chi connectivity index (χ4n) is 3.12. The predicted molar refractivity (Wildman–Crippen MR) is 64.0 cm³/mol. The molecule has 2 bridgehead atoms. The molecule has 2 aliphatic rings. The molecule has 3 rings (SSSR count). The highest BCUT2D eigenvalue weighted by Crippen LogP contribution is 2.51. The first-order chi connectivity index (χ1) is 8.10. The Hall–Kier alpha value is -0.870. The zero-order valence-corrected chi connectivity index (χ0v) is 10.4. The SMILES string of the molecule is O=S(=O)(OC12CCC(CC1)C2)c1ccccc1. The number of hydrogen-bond donors (Lipinski definition) is 0. The summed E-state index contributed by atoms with van der Waals surface area (Å²) in [5.41, 5.74) is -0.390. The van der Waals surface area contributed by atoms with Crippen LogP contribution in [0.3, 0.4) is 0 Å². The molecule has 0 atom stereocenters. The van der Waals surface area contributed by atoms with E-state index in [0.29, 0.717) is 5.92 Å². The monoisotopic (exact) mass is 252 g/mol. The standard InChI is InChI=1S/C13H16O3S/c14-17(15,12-4-2-1-3-5-12)16-13-8-6-11(10-13)7-9-13/h1-5,11H,6-10H2. The summed E-state index contributed by atoms with van der Waals surface area (Å²) in [5, 5.41) is 0. The molecule has 0 radical (unpaired) electrons. The minimum atomic E-state index is -3.59. The van der Waals surface area contributed by atoms with Gasteiger partial charge in [-0.15, -0.1) is 0 Å². The van der Waals surface area contributed by atoms with Gasteiger partial charge in [-0.1, -0.05) is 18.2 Å². The van der Waals surface area contributed by atoms with Gasteiger partial charge in [0.2, 0.25) is 0 Å². The van der Waals surface area contributed by atoms with Crippen molar-refractivity contribution < 1.29 is 12.6 Å². The molecular formula is C13H16O3S. The van der Waals surface area contributed by atoms with Crippen molar-refractivity contribution in [2.45, 2.75) is 42.6 Å². The van der Waals surface area contributed by atoms with Crippen LogP contribution >= 0.6 is 0 Å². The summed E-state index contributed by atoms with van der Waals surface area (Å²) in [7, 11) is -3.59. The van der Waals surface area contributed by atoms with Gasteiger partial charge in [-0.05, 0) is 50.2 Å². The molecule has 92 valence electrons. The molecule has 1 aromatic carbocycles. The Bertz CT molecular complexity index is 499. The maximum Gasteiger partial charge on any atom is 0.297 e. The summed E-state index contributed by atoms with van der Waals surface area (Å²) < 4.78 is 29.8. The van der Waals surface area contributed by atoms with E-state index in [0.717, 1.165) is 32.1 Å². The molecule has 17 heavy (non-hydrogen) atoms. The predicted octanol–water partition coefficient (Wildman–Crippen LogP) is 2.72. The second kappa shape index (κ2) is 3.82. The van der Waals surface area contributed by atoms with Crippen molar-refractivity contribution in [3.8, 4) is 0 Å². The minimum Gasteiger partial charge on any atom is -0.260 e. The van der Waals surface area contributed by atoms with Crippen molar-refractivity contribution in [3.05, 3.63) is 30.3 Å². The van der Waals surface area contributed by atoms with Gasteiger partial charge in [-0.25, -0.2) is 0 Å². The maximum atomic E-state index is 12.1. The Kier molecular flexibility index (Phi) is 2.52. The fourth-order valence-corrected chi connectivity index (χ4v) is 4.41. The lowest BCUT2D eigenvalue weighted by Gasteiger charge is -2.25. The third kappa shape index (κ3) is 2.00. The van der Waals surface area contributed by atoms with Gasteiger partial charge < -0.3 is 0 Å². The first-order valence-corrected chi connectivity index (χ1v) is 7.51. The van der Waals surface area contributed by atoms with Crippen LogP contribution in [-0.2, 0) is 14.3 Å². The Labute approximate surface area is 102 Å². The van der Waals surface area contributed by atoms with E-state index in [-0.39, 0.29) is 10.5 Å². The molecule has 1 aromatic rings. The molecule has 3 nitrogen and oxygen atoms in total. The average molecular weight is 252 g/mol. The third-order valence-electron chi connectivity index (χ3n) is 4.00. The normalized spacial score (nSPS) is 31.9. The molecule has 0 spiro atoms. The largest absolute Gasteiger partial charge is 0.297 e. The summed E-state index contributed by atoms with van der Waals surface area (Å²) in [6, 6.07) is 8.43. The lowest BCUT2D eigenvalue weighted by atomic mass is 9.98.